The largest absolute Gasteiger partial charge is 0.497 e. The van der Waals surface area contributed by atoms with Gasteiger partial charge in [-0.25, -0.2) is 0 Å². The summed E-state index contributed by atoms with van der Waals surface area (Å²) in [6, 6.07) is 23.8. The molecule has 3 amide bonds. The van der Waals surface area contributed by atoms with E-state index >= 15 is 0 Å². The van der Waals surface area contributed by atoms with Crippen molar-refractivity contribution >= 4 is 23.4 Å². The van der Waals surface area contributed by atoms with E-state index in [0.29, 0.717) is 25.3 Å². The van der Waals surface area contributed by atoms with Crippen molar-refractivity contribution in [3.05, 3.63) is 95.6 Å². The summed E-state index contributed by atoms with van der Waals surface area (Å²) in [4.78, 5) is 37.2. The van der Waals surface area contributed by atoms with Crippen LogP contribution in [0.1, 0.15) is 27.9 Å². The Morgan fingerprint density at radius 3 is 2.30 bits per heavy atom. The van der Waals surface area contributed by atoms with Crippen molar-refractivity contribution in [3.8, 4) is 5.75 Å². The van der Waals surface area contributed by atoms with Gasteiger partial charge in [0, 0.05) is 13.1 Å². The number of carbonyl (C=O) groups is 3. The Bertz CT molecular complexity index is 1100. The van der Waals surface area contributed by atoms with Crippen molar-refractivity contribution in [1.82, 2.24) is 10.6 Å². The Kier molecular flexibility index (Phi) is 8.59. The lowest BCUT2D eigenvalue weighted by atomic mass is 10.1. The van der Waals surface area contributed by atoms with Crippen LogP contribution in [0, 0.1) is 0 Å². The lowest BCUT2D eigenvalue weighted by molar-refractivity contribution is -0.136. The van der Waals surface area contributed by atoms with Crippen LogP contribution in [0.25, 0.3) is 0 Å². The molecule has 0 aromatic heterocycles. The number of methoxy groups -OCH3 is 1. The third-order valence-corrected chi connectivity index (χ3v) is 4.98. The van der Waals surface area contributed by atoms with E-state index in [0.717, 1.165) is 12.0 Å². The number of anilines is 1. The topological polar surface area (TPSA) is 96.5 Å². The summed E-state index contributed by atoms with van der Waals surface area (Å²) in [6.07, 6.45) is 1.52. The third-order valence-electron chi connectivity index (χ3n) is 4.98. The highest BCUT2D eigenvalue weighted by Crippen LogP contribution is 2.16. The molecule has 3 aromatic rings. The molecule has 0 heterocycles. The molecule has 7 nitrogen and oxygen atoms in total. The molecule has 0 spiro atoms. The van der Waals surface area contributed by atoms with Crippen molar-refractivity contribution in [1.29, 1.82) is 0 Å². The Hall–Kier alpha value is -4.13. The highest BCUT2D eigenvalue weighted by molar-refractivity contribution is 6.40. The smallest absolute Gasteiger partial charge is 0.313 e. The van der Waals surface area contributed by atoms with Gasteiger partial charge in [0.2, 0.25) is 0 Å². The van der Waals surface area contributed by atoms with Gasteiger partial charge in [-0.2, -0.15) is 0 Å². The van der Waals surface area contributed by atoms with Gasteiger partial charge in [-0.1, -0.05) is 54.6 Å². The first-order valence-corrected chi connectivity index (χ1v) is 10.7. The molecule has 0 aliphatic carbocycles. The number of benzene rings is 3. The maximum Gasteiger partial charge on any atom is 0.313 e. The van der Waals surface area contributed by atoms with Crippen molar-refractivity contribution in [3.63, 3.8) is 0 Å². The quantitative estimate of drug-likeness (QED) is 0.348. The fraction of sp³-hybridized carbons (Fsp3) is 0.192. The van der Waals surface area contributed by atoms with Gasteiger partial charge in [0.05, 0.1) is 18.4 Å². The van der Waals surface area contributed by atoms with Gasteiger partial charge in [-0.15, -0.1) is 0 Å². The first kappa shape index (κ1) is 23.5. The number of hydrogen-bond donors (Lipinski definition) is 3. The Labute approximate surface area is 193 Å². The predicted octanol–water partition coefficient (Wildman–Crippen LogP) is 3.31. The van der Waals surface area contributed by atoms with Gasteiger partial charge in [-0.05, 0) is 48.2 Å². The molecular formula is C26H27N3O4. The zero-order valence-electron chi connectivity index (χ0n) is 18.5. The van der Waals surface area contributed by atoms with Gasteiger partial charge in [0.15, 0.2) is 0 Å². The number of rotatable bonds is 9. The molecule has 3 rings (SSSR count). The number of para-hydroxylation sites is 1. The maximum atomic E-state index is 12.7. The molecule has 0 saturated heterocycles. The van der Waals surface area contributed by atoms with Crippen LogP contribution < -0.4 is 20.7 Å². The monoisotopic (exact) mass is 445 g/mol. The molecule has 0 aliphatic rings. The van der Waals surface area contributed by atoms with Crippen molar-refractivity contribution < 1.29 is 19.1 Å². The third kappa shape index (κ3) is 7.21. The molecule has 33 heavy (non-hydrogen) atoms. The summed E-state index contributed by atoms with van der Waals surface area (Å²) in [7, 11) is 1.58. The molecule has 0 unspecified atom stereocenters. The van der Waals surface area contributed by atoms with Crippen molar-refractivity contribution in [2.45, 2.75) is 19.4 Å². The van der Waals surface area contributed by atoms with Crippen LogP contribution >= 0.6 is 0 Å². The van der Waals surface area contributed by atoms with Crippen molar-refractivity contribution in [2.24, 2.45) is 0 Å². The van der Waals surface area contributed by atoms with Crippen LogP contribution in [-0.4, -0.2) is 31.4 Å². The normalized spacial score (nSPS) is 10.2. The first-order chi connectivity index (χ1) is 16.1. The highest BCUT2D eigenvalue weighted by atomic mass is 16.5. The molecule has 7 heteroatoms. The summed E-state index contributed by atoms with van der Waals surface area (Å²) in [5.74, 6) is -1.22. The van der Waals surface area contributed by atoms with E-state index in [9.17, 15) is 14.4 Å². The van der Waals surface area contributed by atoms with E-state index in [1.54, 1.807) is 31.4 Å². The van der Waals surface area contributed by atoms with Crippen LogP contribution in [0.15, 0.2) is 78.9 Å². The number of aryl methyl sites for hydroxylation is 1. The lowest BCUT2D eigenvalue weighted by Gasteiger charge is -2.12. The fourth-order valence-electron chi connectivity index (χ4n) is 3.25. The first-order valence-electron chi connectivity index (χ1n) is 10.7. The molecule has 0 fully saturated rings. The van der Waals surface area contributed by atoms with Crippen LogP contribution in [0.3, 0.4) is 0 Å². The van der Waals surface area contributed by atoms with Gasteiger partial charge in [-0.3, -0.25) is 14.4 Å². The average molecular weight is 446 g/mol. The maximum absolute atomic E-state index is 12.7. The Balaban J connectivity index is 1.51. The fourth-order valence-corrected chi connectivity index (χ4v) is 3.25. The summed E-state index contributed by atoms with van der Waals surface area (Å²) in [6.45, 7) is 0.671. The van der Waals surface area contributed by atoms with Crippen LogP contribution in [0.2, 0.25) is 0 Å². The van der Waals surface area contributed by atoms with Crippen LogP contribution in [-0.2, 0) is 22.6 Å². The van der Waals surface area contributed by atoms with E-state index < -0.39 is 11.8 Å². The Morgan fingerprint density at radius 2 is 1.52 bits per heavy atom. The minimum Gasteiger partial charge on any atom is -0.497 e. The van der Waals surface area contributed by atoms with E-state index in [1.165, 1.54) is 5.56 Å². The summed E-state index contributed by atoms with van der Waals surface area (Å²) < 4.78 is 5.19. The van der Waals surface area contributed by atoms with E-state index in [2.05, 4.69) is 16.0 Å². The molecule has 3 N–H and O–H groups in total. The van der Waals surface area contributed by atoms with E-state index in [4.69, 9.17) is 4.74 Å². The summed E-state index contributed by atoms with van der Waals surface area (Å²) in [5.41, 5.74) is 2.58. The number of nitrogens with one attached hydrogen (secondary N) is 3. The molecule has 0 atom stereocenters. The molecule has 0 aliphatic heterocycles. The number of amides is 3. The molecular weight excluding hydrogens is 418 g/mol. The zero-order chi connectivity index (χ0) is 23.5. The average Bonchev–Trinajstić information content (AvgIpc) is 2.86. The second kappa shape index (κ2) is 12.0. The van der Waals surface area contributed by atoms with Crippen LogP contribution in [0.4, 0.5) is 5.69 Å². The van der Waals surface area contributed by atoms with Gasteiger partial charge in [0.1, 0.15) is 5.75 Å². The molecule has 170 valence electrons. The standard InChI is InChI=1S/C26H27N3O4/c1-33-21-13-7-11-20(17-21)18-28-24(30)22-14-5-6-15-23(22)29-26(32)25(31)27-16-8-12-19-9-3-2-4-10-19/h2-7,9-11,13-15,17H,8,12,16,18H2,1H3,(H,27,31)(H,28,30)(H,29,32). The molecule has 3 aromatic carbocycles. The molecule has 0 bridgehead atoms. The number of carbonyl (C=O) groups excluding carboxylic acids is 3. The summed E-state index contributed by atoms with van der Waals surface area (Å²) >= 11 is 0. The molecule has 0 radical (unpaired) electrons. The summed E-state index contributed by atoms with van der Waals surface area (Å²) in [5, 5.41) is 7.97. The van der Waals surface area contributed by atoms with Gasteiger partial charge in [0.25, 0.3) is 5.91 Å². The lowest BCUT2D eigenvalue weighted by Crippen LogP contribution is -2.36. The second-order valence-corrected chi connectivity index (χ2v) is 7.38. The van der Waals surface area contributed by atoms with Gasteiger partial charge >= 0.3 is 11.8 Å². The minimum atomic E-state index is -0.817. The minimum absolute atomic E-state index is 0.269. The zero-order valence-corrected chi connectivity index (χ0v) is 18.5. The SMILES string of the molecule is COc1cccc(CNC(=O)c2ccccc2NC(=O)C(=O)NCCCc2ccccc2)c1. The molecule has 0 saturated carbocycles. The van der Waals surface area contributed by atoms with E-state index in [-0.39, 0.29) is 17.2 Å². The second-order valence-electron chi connectivity index (χ2n) is 7.38. The van der Waals surface area contributed by atoms with E-state index in [1.807, 2.05) is 54.6 Å². The van der Waals surface area contributed by atoms with Crippen molar-refractivity contribution in [2.75, 3.05) is 19.0 Å². The van der Waals surface area contributed by atoms with Gasteiger partial charge < -0.3 is 20.7 Å². The number of hydrogen-bond acceptors (Lipinski definition) is 4. The van der Waals surface area contributed by atoms with Crippen LogP contribution in [0.5, 0.6) is 5.75 Å². The predicted molar refractivity (Wildman–Crippen MR) is 127 cm³/mol. The highest BCUT2D eigenvalue weighted by Gasteiger charge is 2.17. The Morgan fingerprint density at radius 1 is 0.788 bits per heavy atom. The number of ether oxygens (including phenoxy) is 1.